The first kappa shape index (κ1) is 16.4. The molecule has 0 aliphatic rings. The van der Waals surface area contributed by atoms with Crippen LogP contribution in [0.1, 0.15) is 25.0 Å². The van der Waals surface area contributed by atoms with Crippen molar-refractivity contribution in [3.63, 3.8) is 0 Å². The summed E-state index contributed by atoms with van der Waals surface area (Å²) in [6.07, 6.45) is 1.69. The van der Waals surface area contributed by atoms with Crippen molar-refractivity contribution < 1.29 is 9.84 Å². The van der Waals surface area contributed by atoms with Crippen LogP contribution in [0.15, 0.2) is 48.5 Å². The predicted octanol–water partition coefficient (Wildman–Crippen LogP) is 4.27. The van der Waals surface area contributed by atoms with E-state index in [4.69, 9.17) is 4.74 Å². The third kappa shape index (κ3) is 3.70. The third-order valence-corrected chi connectivity index (χ3v) is 3.40. The van der Waals surface area contributed by atoms with E-state index in [-0.39, 0.29) is 5.41 Å². The molecule has 0 fully saturated rings. The summed E-state index contributed by atoms with van der Waals surface area (Å²) in [5.41, 5.74) is 2.29. The van der Waals surface area contributed by atoms with Crippen LogP contribution in [0, 0.1) is 0 Å². The van der Waals surface area contributed by atoms with E-state index in [9.17, 15) is 5.11 Å². The lowest BCUT2D eigenvalue weighted by molar-refractivity contribution is 0.414. The Morgan fingerprint density at radius 2 is 1.25 bits per heavy atom. The van der Waals surface area contributed by atoms with Gasteiger partial charge in [0.1, 0.15) is 11.5 Å². The number of methoxy groups -OCH3 is 1. The van der Waals surface area contributed by atoms with Gasteiger partial charge in [0.15, 0.2) is 0 Å². The Morgan fingerprint density at radius 1 is 0.850 bits per heavy atom. The van der Waals surface area contributed by atoms with Crippen molar-refractivity contribution in [3.05, 3.63) is 59.7 Å². The van der Waals surface area contributed by atoms with Crippen molar-refractivity contribution in [2.75, 3.05) is 13.4 Å². The smallest absolute Gasteiger partial charge is 0.118 e. The number of hydrogen-bond acceptors (Lipinski definition) is 3. The minimum atomic E-state index is -0.0973. The van der Waals surface area contributed by atoms with E-state index in [1.54, 1.807) is 25.5 Å². The van der Waals surface area contributed by atoms with Crippen LogP contribution >= 0.6 is 12.6 Å². The Kier molecular flexibility index (Phi) is 5.96. The Bertz CT molecular complexity index is 516. The Labute approximate surface area is 126 Å². The summed E-state index contributed by atoms with van der Waals surface area (Å²) in [6, 6.07) is 15.5. The van der Waals surface area contributed by atoms with E-state index in [0.29, 0.717) is 5.75 Å². The fourth-order valence-corrected chi connectivity index (χ4v) is 2.05. The summed E-state index contributed by atoms with van der Waals surface area (Å²) in [4.78, 5) is 0. The van der Waals surface area contributed by atoms with E-state index in [0.717, 1.165) is 5.75 Å². The summed E-state index contributed by atoms with van der Waals surface area (Å²) in [5.74, 6) is 1.16. The first-order valence-corrected chi connectivity index (χ1v) is 7.32. The number of phenols is 1. The van der Waals surface area contributed by atoms with E-state index in [1.807, 2.05) is 24.3 Å². The number of phenolic OH excluding ortho intramolecular Hbond substituents is 1. The maximum Gasteiger partial charge on any atom is 0.118 e. The Hall–Kier alpha value is -1.61. The molecule has 0 radical (unpaired) electrons. The van der Waals surface area contributed by atoms with Gasteiger partial charge in [0.05, 0.1) is 7.11 Å². The standard InChI is InChI=1S/C16H18O2.CH4S/c1-16(2,12-4-8-14(17)9-5-12)13-6-10-15(18-3)11-7-13;1-2/h4-11,17H,1-3H3;2H,1H3. The molecule has 0 amide bonds. The second-order valence-corrected chi connectivity index (χ2v) is 4.90. The van der Waals surface area contributed by atoms with Crippen LogP contribution in [-0.4, -0.2) is 18.5 Å². The molecule has 0 aliphatic heterocycles. The molecule has 0 unspecified atom stereocenters. The number of ether oxygens (including phenoxy) is 1. The largest absolute Gasteiger partial charge is 0.508 e. The summed E-state index contributed by atoms with van der Waals surface area (Å²) in [5, 5.41) is 9.34. The topological polar surface area (TPSA) is 29.5 Å². The van der Waals surface area contributed by atoms with Crippen LogP contribution in [0.2, 0.25) is 0 Å². The molecule has 0 aromatic heterocycles. The Balaban J connectivity index is 0.000000956. The second-order valence-electron chi connectivity index (χ2n) is 4.90. The van der Waals surface area contributed by atoms with Crippen LogP contribution in [0.25, 0.3) is 0 Å². The van der Waals surface area contributed by atoms with Gasteiger partial charge >= 0.3 is 0 Å². The summed E-state index contributed by atoms with van der Waals surface area (Å²) in [6.45, 7) is 4.34. The maximum absolute atomic E-state index is 9.34. The molecule has 2 aromatic rings. The number of benzene rings is 2. The summed E-state index contributed by atoms with van der Waals surface area (Å²) >= 11 is 3.53. The average Bonchev–Trinajstić information content (AvgIpc) is 2.50. The monoisotopic (exact) mass is 290 g/mol. The summed E-state index contributed by atoms with van der Waals surface area (Å²) < 4.78 is 5.17. The average molecular weight is 290 g/mol. The van der Waals surface area contributed by atoms with Gasteiger partial charge in [-0.1, -0.05) is 38.1 Å². The van der Waals surface area contributed by atoms with Crippen molar-refractivity contribution in [2.45, 2.75) is 19.3 Å². The molecule has 0 atom stereocenters. The minimum Gasteiger partial charge on any atom is -0.508 e. The molecule has 0 spiro atoms. The zero-order valence-corrected chi connectivity index (χ0v) is 13.3. The Morgan fingerprint density at radius 3 is 1.65 bits per heavy atom. The van der Waals surface area contributed by atoms with Gasteiger partial charge in [-0.3, -0.25) is 0 Å². The lowest BCUT2D eigenvalue weighted by atomic mass is 9.78. The van der Waals surface area contributed by atoms with Gasteiger partial charge in [-0.2, -0.15) is 12.6 Å². The molecule has 0 saturated heterocycles. The highest BCUT2D eigenvalue weighted by Gasteiger charge is 2.22. The fourth-order valence-electron chi connectivity index (χ4n) is 2.05. The molecule has 0 heterocycles. The molecule has 1 N–H and O–H groups in total. The van der Waals surface area contributed by atoms with Gasteiger partial charge in [-0.15, -0.1) is 0 Å². The van der Waals surface area contributed by atoms with E-state index >= 15 is 0 Å². The zero-order chi connectivity index (χ0) is 15.2. The van der Waals surface area contributed by atoms with Crippen molar-refractivity contribution in [3.8, 4) is 11.5 Å². The van der Waals surface area contributed by atoms with Crippen molar-refractivity contribution >= 4 is 12.6 Å². The molecular weight excluding hydrogens is 268 g/mol. The molecule has 0 aliphatic carbocycles. The van der Waals surface area contributed by atoms with E-state index in [1.165, 1.54) is 11.1 Å². The van der Waals surface area contributed by atoms with Crippen molar-refractivity contribution in [2.24, 2.45) is 0 Å². The molecule has 2 aromatic carbocycles. The highest BCUT2D eigenvalue weighted by Crippen LogP contribution is 2.33. The highest BCUT2D eigenvalue weighted by molar-refractivity contribution is 7.79. The van der Waals surface area contributed by atoms with Crippen LogP contribution in [0.3, 0.4) is 0 Å². The lowest BCUT2D eigenvalue weighted by Crippen LogP contribution is -2.18. The van der Waals surface area contributed by atoms with E-state index in [2.05, 4.69) is 38.6 Å². The summed E-state index contributed by atoms with van der Waals surface area (Å²) in [7, 11) is 1.67. The molecule has 108 valence electrons. The third-order valence-electron chi connectivity index (χ3n) is 3.40. The van der Waals surface area contributed by atoms with Crippen LogP contribution in [-0.2, 0) is 5.41 Å². The van der Waals surface area contributed by atoms with Crippen LogP contribution in [0.5, 0.6) is 11.5 Å². The quantitative estimate of drug-likeness (QED) is 0.827. The molecule has 2 rings (SSSR count). The predicted molar refractivity (Wildman–Crippen MR) is 88.1 cm³/mol. The molecule has 0 saturated carbocycles. The van der Waals surface area contributed by atoms with Gasteiger partial charge in [-0.25, -0.2) is 0 Å². The SMILES string of the molecule is COc1ccc(C(C)(C)c2ccc(O)cc2)cc1.CS. The van der Waals surface area contributed by atoms with Gasteiger partial charge in [0.25, 0.3) is 0 Å². The zero-order valence-electron chi connectivity index (χ0n) is 12.4. The van der Waals surface area contributed by atoms with Crippen molar-refractivity contribution in [1.29, 1.82) is 0 Å². The molecule has 2 nitrogen and oxygen atoms in total. The van der Waals surface area contributed by atoms with Crippen LogP contribution in [0.4, 0.5) is 0 Å². The number of thiol groups is 1. The molecule has 3 heteroatoms. The first-order chi connectivity index (χ1) is 9.54. The van der Waals surface area contributed by atoms with Gasteiger partial charge in [-0.05, 0) is 41.6 Å². The molecular formula is C17H22O2S. The maximum atomic E-state index is 9.34. The minimum absolute atomic E-state index is 0.0973. The fraction of sp³-hybridized carbons (Fsp3) is 0.294. The van der Waals surface area contributed by atoms with Crippen LogP contribution < -0.4 is 4.74 Å². The number of aromatic hydroxyl groups is 1. The molecule has 20 heavy (non-hydrogen) atoms. The number of hydrogen-bond donors (Lipinski definition) is 2. The number of rotatable bonds is 3. The normalized spacial score (nSPS) is 10.4. The van der Waals surface area contributed by atoms with Gasteiger partial charge in [0.2, 0.25) is 0 Å². The lowest BCUT2D eigenvalue weighted by Gasteiger charge is -2.26. The van der Waals surface area contributed by atoms with Gasteiger partial charge in [0, 0.05) is 5.41 Å². The van der Waals surface area contributed by atoms with Crippen molar-refractivity contribution in [1.82, 2.24) is 0 Å². The van der Waals surface area contributed by atoms with E-state index < -0.39 is 0 Å². The second kappa shape index (κ2) is 7.25. The van der Waals surface area contributed by atoms with Gasteiger partial charge < -0.3 is 9.84 Å². The first-order valence-electron chi connectivity index (χ1n) is 6.43. The molecule has 0 bridgehead atoms. The highest BCUT2D eigenvalue weighted by atomic mass is 32.1.